The van der Waals surface area contributed by atoms with Crippen LogP contribution in [0.2, 0.25) is 0 Å². The Morgan fingerprint density at radius 3 is 2.56 bits per heavy atom. The fourth-order valence-electron chi connectivity index (χ4n) is 1.42. The lowest BCUT2D eigenvalue weighted by Gasteiger charge is -2.09. The van der Waals surface area contributed by atoms with Crippen molar-refractivity contribution in [2.24, 2.45) is 0 Å². The Kier molecular flexibility index (Phi) is 5.30. The van der Waals surface area contributed by atoms with Gasteiger partial charge in [0, 0.05) is 6.54 Å². The fourth-order valence-corrected chi connectivity index (χ4v) is 2.65. The third-order valence-corrected chi connectivity index (χ3v) is 3.94. The number of benzene rings is 1. The summed E-state index contributed by atoms with van der Waals surface area (Å²) < 4.78 is 26.2. The van der Waals surface area contributed by atoms with Crippen LogP contribution in [0.3, 0.4) is 0 Å². The SMILES string of the molecule is CCCNC(=O)CNS(=O)(=O)c1ccccc1C. The van der Waals surface area contributed by atoms with Crippen LogP contribution in [0.5, 0.6) is 0 Å². The van der Waals surface area contributed by atoms with E-state index in [0.29, 0.717) is 12.1 Å². The van der Waals surface area contributed by atoms with E-state index in [4.69, 9.17) is 0 Å². The van der Waals surface area contributed by atoms with Gasteiger partial charge < -0.3 is 5.32 Å². The van der Waals surface area contributed by atoms with Crippen molar-refractivity contribution in [1.82, 2.24) is 10.0 Å². The van der Waals surface area contributed by atoms with Crippen LogP contribution in [0.4, 0.5) is 0 Å². The van der Waals surface area contributed by atoms with E-state index >= 15 is 0 Å². The molecule has 6 heteroatoms. The number of carbonyl (C=O) groups excluding carboxylic acids is 1. The Bertz CT molecular complexity index is 512. The number of rotatable bonds is 6. The summed E-state index contributed by atoms with van der Waals surface area (Å²) in [5.74, 6) is -0.325. The number of sulfonamides is 1. The zero-order valence-corrected chi connectivity index (χ0v) is 11.4. The van der Waals surface area contributed by atoms with Gasteiger partial charge in [0.2, 0.25) is 15.9 Å². The van der Waals surface area contributed by atoms with Crippen LogP contribution in [0.25, 0.3) is 0 Å². The molecule has 0 aliphatic heterocycles. The number of nitrogens with one attached hydrogen (secondary N) is 2. The van der Waals surface area contributed by atoms with Crippen LogP contribution >= 0.6 is 0 Å². The van der Waals surface area contributed by atoms with Crippen LogP contribution < -0.4 is 10.0 Å². The molecule has 0 saturated heterocycles. The summed E-state index contributed by atoms with van der Waals surface area (Å²) in [4.78, 5) is 11.5. The first-order chi connectivity index (χ1) is 8.47. The average molecular weight is 270 g/mol. The highest BCUT2D eigenvalue weighted by Gasteiger charge is 2.16. The van der Waals surface area contributed by atoms with Crippen LogP contribution in [-0.4, -0.2) is 27.4 Å². The quantitative estimate of drug-likeness (QED) is 0.803. The normalized spacial score (nSPS) is 11.2. The number of carbonyl (C=O) groups is 1. The van der Waals surface area contributed by atoms with Gasteiger partial charge in [0.15, 0.2) is 0 Å². The molecule has 0 aliphatic carbocycles. The van der Waals surface area contributed by atoms with Gasteiger partial charge in [0.05, 0.1) is 11.4 Å². The van der Waals surface area contributed by atoms with Gasteiger partial charge in [-0.1, -0.05) is 25.1 Å². The molecule has 0 radical (unpaired) electrons. The van der Waals surface area contributed by atoms with Gasteiger partial charge in [-0.05, 0) is 25.0 Å². The van der Waals surface area contributed by atoms with Crippen molar-refractivity contribution in [3.8, 4) is 0 Å². The second-order valence-electron chi connectivity index (χ2n) is 3.94. The van der Waals surface area contributed by atoms with Gasteiger partial charge in [-0.3, -0.25) is 4.79 Å². The van der Waals surface area contributed by atoms with Gasteiger partial charge in [-0.15, -0.1) is 0 Å². The van der Waals surface area contributed by atoms with Gasteiger partial charge in [-0.25, -0.2) is 13.1 Å². The molecule has 0 atom stereocenters. The largest absolute Gasteiger partial charge is 0.355 e. The molecular weight excluding hydrogens is 252 g/mol. The number of hydrogen-bond donors (Lipinski definition) is 2. The molecule has 1 amide bonds. The highest BCUT2D eigenvalue weighted by atomic mass is 32.2. The molecule has 0 aromatic heterocycles. The van der Waals surface area contributed by atoms with E-state index < -0.39 is 10.0 Å². The molecule has 0 spiro atoms. The van der Waals surface area contributed by atoms with Crippen LogP contribution in [0.15, 0.2) is 29.2 Å². The zero-order chi connectivity index (χ0) is 13.6. The van der Waals surface area contributed by atoms with Crippen molar-refractivity contribution in [2.45, 2.75) is 25.2 Å². The smallest absolute Gasteiger partial charge is 0.241 e. The third-order valence-electron chi connectivity index (χ3n) is 2.38. The lowest BCUT2D eigenvalue weighted by molar-refractivity contribution is -0.119. The Labute approximate surface area is 108 Å². The molecule has 18 heavy (non-hydrogen) atoms. The zero-order valence-electron chi connectivity index (χ0n) is 10.6. The second-order valence-corrected chi connectivity index (χ2v) is 5.68. The van der Waals surface area contributed by atoms with Gasteiger partial charge in [0.25, 0.3) is 0 Å². The Hall–Kier alpha value is -1.40. The lowest BCUT2D eigenvalue weighted by Crippen LogP contribution is -2.37. The van der Waals surface area contributed by atoms with Gasteiger partial charge in [-0.2, -0.15) is 0 Å². The van der Waals surface area contributed by atoms with E-state index in [9.17, 15) is 13.2 Å². The van der Waals surface area contributed by atoms with Crippen molar-refractivity contribution < 1.29 is 13.2 Å². The minimum atomic E-state index is -3.62. The standard InChI is InChI=1S/C12H18N2O3S/c1-3-8-13-12(15)9-14-18(16,17)11-7-5-4-6-10(11)2/h4-7,14H,3,8-9H2,1-2H3,(H,13,15). The minimum Gasteiger partial charge on any atom is -0.355 e. The Morgan fingerprint density at radius 1 is 1.28 bits per heavy atom. The molecule has 1 rings (SSSR count). The first-order valence-corrected chi connectivity index (χ1v) is 7.27. The molecule has 0 saturated carbocycles. The molecular formula is C12H18N2O3S. The van der Waals surface area contributed by atoms with Crippen LogP contribution in [-0.2, 0) is 14.8 Å². The minimum absolute atomic E-state index is 0.202. The van der Waals surface area contributed by atoms with E-state index in [2.05, 4.69) is 10.0 Å². The van der Waals surface area contributed by atoms with Gasteiger partial charge in [0.1, 0.15) is 0 Å². The van der Waals surface area contributed by atoms with E-state index in [1.165, 1.54) is 6.07 Å². The third kappa shape index (κ3) is 4.12. The monoisotopic (exact) mass is 270 g/mol. The van der Waals surface area contributed by atoms with Crippen molar-refractivity contribution in [3.05, 3.63) is 29.8 Å². The van der Waals surface area contributed by atoms with E-state index in [1.54, 1.807) is 25.1 Å². The first-order valence-electron chi connectivity index (χ1n) is 5.79. The fraction of sp³-hybridized carbons (Fsp3) is 0.417. The molecule has 1 aromatic rings. The number of hydrogen-bond acceptors (Lipinski definition) is 3. The summed E-state index contributed by atoms with van der Waals surface area (Å²) in [6.07, 6.45) is 0.816. The predicted octanol–water partition coefficient (Wildman–Crippen LogP) is 0.800. The average Bonchev–Trinajstić information content (AvgIpc) is 2.34. The molecule has 2 N–H and O–H groups in total. The maximum Gasteiger partial charge on any atom is 0.241 e. The molecule has 0 bridgehead atoms. The van der Waals surface area contributed by atoms with Crippen molar-refractivity contribution >= 4 is 15.9 Å². The van der Waals surface area contributed by atoms with Crippen molar-refractivity contribution in [3.63, 3.8) is 0 Å². The molecule has 5 nitrogen and oxygen atoms in total. The topological polar surface area (TPSA) is 75.3 Å². The Balaban J connectivity index is 2.67. The summed E-state index contributed by atoms with van der Waals surface area (Å²) in [7, 11) is -3.62. The van der Waals surface area contributed by atoms with Crippen LogP contribution in [0, 0.1) is 6.92 Å². The van der Waals surface area contributed by atoms with Gasteiger partial charge >= 0.3 is 0 Å². The molecule has 0 fully saturated rings. The summed E-state index contributed by atoms with van der Waals surface area (Å²) in [5, 5.41) is 2.61. The van der Waals surface area contributed by atoms with Crippen molar-refractivity contribution in [2.75, 3.05) is 13.1 Å². The predicted molar refractivity (Wildman–Crippen MR) is 69.7 cm³/mol. The summed E-state index contributed by atoms with van der Waals surface area (Å²) >= 11 is 0. The molecule has 100 valence electrons. The molecule has 1 aromatic carbocycles. The highest BCUT2D eigenvalue weighted by Crippen LogP contribution is 2.13. The highest BCUT2D eigenvalue weighted by molar-refractivity contribution is 7.89. The number of aryl methyl sites for hydroxylation is 1. The molecule has 0 aliphatic rings. The second kappa shape index (κ2) is 6.51. The first kappa shape index (κ1) is 14.7. The molecule has 0 unspecified atom stereocenters. The number of amides is 1. The maximum absolute atomic E-state index is 11.9. The van der Waals surface area contributed by atoms with E-state index in [1.807, 2.05) is 6.92 Å². The maximum atomic E-state index is 11.9. The summed E-state index contributed by atoms with van der Waals surface area (Å²) in [5.41, 5.74) is 0.652. The lowest BCUT2D eigenvalue weighted by atomic mass is 10.2. The van der Waals surface area contributed by atoms with Crippen LogP contribution in [0.1, 0.15) is 18.9 Å². The summed E-state index contributed by atoms with van der Waals surface area (Å²) in [6.45, 7) is 3.95. The summed E-state index contributed by atoms with van der Waals surface area (Å²) in [6, 6.07) is 6.65. The Morgan fingerprint density at radius 2 is 1.94 bits per heavy atom. The van der Waals surface area contributed by atoms with Crippen molar-refractivity contribution in [1.29, 1.82) is 0 Å². The van der Waals surface area contributed by atoms with E-state index in [-0.39, 0.29) is 17.3 Å². The molecule has 0 heterocycles. The van der Waals surface area contributed by atoms with E-state index in [0.717, 1.165) is 6.42 Å².